The fraction of sp³-hybridized carbons (Fsp3) is 0.308. The van der Waals surface area contributed by atoms with Crippen molar-refractivity contribution in [3.63, 3.8) is 0 Å². The van der Waals surface area contributed by atoms with Crippen LogP contribution in [0.15, 0.2) is 30.3 Å². The molecule has 4 heteroatoms. The SMILES string of the molecule is CN(C)C(=O)C(Cl)C#CC(Cl)c1ccccc1. The van der Waals surface area contributed by atoms with Gasteiger partial charge in [0.05, 0.1) is 0 Å². The summed E-state index contributed by atoms with van der Waals surface area (Å²) in [5.41, 5.74) is 0.892. The van der Waals surface area contributed by atoms with E-state index in [4.69, 9.17) is 23.2 Å². The summed E-state index contributed by atoms with van der Waals surface area (Å²) in [6.45, 7) is 0. The smallest absolute Gasteiger partial charge is 0.252 e. The van der Waals surface area contributed by atoms with E-state index in [1.54, 1.807) is 14.1 Å². The predicted molar refractivity (Wildman–Crippen MR) is 71.1 cm³/mol. The number of carbonyl (C=O) groups is 1. The molecule has 0 aromatic heterocycles. The summed E-state index contributed by atoms with van der Waals surface area (Å²) < 4.78 is 0. The Morgan fingerprint density at radius 2 is 1.76 bits per heavy atom. The average Bonchev–Trinajstić information content (AvgIpc) is 2.35. The number of nitrogens with zero attached hydrogens (tertiary/aromatic N) is 1. The molecule has 0 saturated carbocycles. The molecule has 1 amide bonds. The van der Waals surface area contributed by atoms with Gasteiger partial charge in [0, 0.05) is 14.1 Å². The summed E-state index contributed by atoms with van der Waals surface area (Å²) in [5.74, 6) is 5.18. The van der Waals surface area contributed by atoms with E-state index in [2.05, 4.69) is 11.8 Å². The number of benzene rings is 1. The van der Waals surface area contributed by atoms with Crippen LogP contribution in [-0.2, 0) is 4.79 Å². The molecule has 17 heavy (non-hydrogen) atoms. The lowest BCUT2D eigenvalue weighted by Gasteiger charge is -2.10. The second-order valence-corrected chi connectivity index (χ2v) is 4.53. The third kappa shape index (κ3) is 4.30. The number of hydrogen-bond acceptors (Lipinski definition) is 1. The molecule has 0 heterocycles. The Bertz CT molecular complexity index is 434. The zero-order valence-electron chi connectivity index (χ0n) is 9.65. The summed E-state index contributed by atoms with van der Waals surface area (Å²) in [7, 11) is 3.27. The van der Waals surface area contributed by atoms with Crippen LogP contribution < -0.4 is 0 Å². The van der Waals surface area contributed by atoms with Crippen molar-refractivity contribution in [2.45, 2.75) is 10.8 Å². The van der Waals surface area contributed by atoms with Gasteiger partial charge in [-0.1, -0.05) is 53.8 Å². The van der Waals surface area contributed by atoms with E-state index in [0.717, 1.165) is 5.56 Å². The Hall–Kier alpha value is -1.17. The fourth-order valence-corrected chi connectivity index (χ4v) is 1.61. The summed E-state index contributed by atoms with van der Waals surface area (Å²) >= 11 is 11.9. The Morgan fingerprint density at radius 3 is 2.29 bits per heavy atom. The molecule has 1 rings (SSSR count). The second-order valence-electron chi connectivity index (χ2n) is 3.66. The number of rotatable bonds is 2. The van der Waals surface area contributed by atoms with E-state index in [-0.39, 0.29) is 5.91 Å². The maximum Gasteiger partial charge on any atom is 0.252 e. The van der Waals surface area contributed by atoms with Gasteiger partial charge in [0.1, 0.15) is 5.38 Å². The van der Waals surface area contributed by atoms with E-state index in [1.165, 1.54) is 4.90 Å². The van der Waals surface area contributed by atoms with Crippen molar-refractivity contribution in [2.24, 2.45) is 0 Å². The standard InChI is InChI=1S/C13H13Cl2NO/c1-16(2)13(17)12(15)9-8-11(14)10-6-4-3-5-7-10/h3-7,11-12H,1-2H3. The van der Waals surface area contributed by atoms with Gasteiger partial charge < -0.3 is 4.90 Å². The molecular formula is C13H13Cl2NO. The van der Waals surface area contributed by atoms with E-state index in [1.807, 2.05) is 30.3 Å². The summed E-state index contributed by atoms with van der Waals surface area (Å²) in [5, 5.41) is -1.30. The quantitative estimate of drug-likeness (QED) is 0.597. The van der Waals surface area contributed by atoms with Gasteiger partial charge >= 0.3 is 0 Å². The van der Waals surface area contributed by atoms with Gasteiger partial charge in [-0.2, -0.15) is 0 Å². The monoisotopic (exact) mass is 269 g/mol. The molecule has 0 aliphatic rings. The van der Waals surface area contributed by atoms with Crippen LogP contribution in [0.5, 0.6) is 0 Å². The van der Waals surface area contributed by atoms with Crippen LogP contribution in [0.4, 0.5) is 0 Å². The molecule has 2 unspecified atom stereocenters. The minimum atomic E-state index is -0.852. The highest BCUT2D eigenvalue weighted by Gasteiger charge is 2.14. The Labute approximate surface area is 112 Å². The lowest BCUT2D eigenvalue weighted by Crippen LogP contribution is -2.29. The normalized spacial score (nSPS) is 13.2. The molecule has 1 aromatic rings. The zero-order chi connectivity index (χ0) is 12.8. The molecule has 0 saturated heterocycles. The van der Waals surface area contributed by atoms with Crippen molar-refractivity contribution in [1.29, 1.82) is 0 Å². The first-order valence-electron chi connectivity index (χ1n) is 5.07. The highest BCUT2D eigenvalue weighted by molar-refractivity contribution is 6.33. The highest BCUT2D eigenvalue weighted by atomic mass is 35.5. The van der Waals surface area contributed by atoms with E-state index < -0.39 is 10.8 Å². The first kappa shape index (κ1) is 13.9. The van der Waals surface area contributed by atoms with Crippen LogP contribution >= 0.6 is 23.2 Å². The third-order valence-corrected chi connectivity index (χ3v) is 2.74. The molecule has 0 aliphatic heterocycles. The second kappa shape index (κ2) is 6.54. The van der Waals surface area contributed by atoms with Gasteiger partial charge in [0.2, 0.25) is 0 Å². The summed E-state index contributed by atoms with van der Waals surface area (Å²) in [6.07, 6.45) is 0. The Morgan fingerprint density at radius 1 is 1.18 bits per heavy atom. The van der Waals surface area contributed by atoms with E-state index in [0.29, 0.717) is 0 Å². The van der Waals surface area contributed by atoms with Crippen molar-refractivity contribution >= 4 is 29.1 Å². The zero-order valence-corrected chi connectivity index (χ0v) is 11.2. The lowest BCUT2D eigenvalue weighted by atomic mass is 10.1. The van der Waals surface area contributed by atoms with Gasteiger partial charge in [-0.25, -0.2) is 0 Å². The van der Waals surface area contributed by atoms with Crippen molar-refractivity contribution in [3.05, 3.63) is 35.9 Å². The van der Waals surface area contributed by atoms with E-state index in [9.17, 15) is 4.79 Å². The van der Waals surface area contributed by atoms with Crippen molar-refractivity contribution in [1.82, 2.24) is 4.90 Å². The third-order valence-electron chi connectivity index (χ3n) is 2.09. The maximum atomic E-state index is 11.4. The molecular weight excluding hydrogens is 257 g/mol. The minimum Gasteiger partial charge on any atom is -0.347 e. The van der Waals surface area contributed by atoms with Gasteiger partial charge in [-0.05, 0) is 5.56 Å². The van der Waals surface area contributed by atoms with Crippen LogP contribution in [0.25, 0.3) is 0 Å². The molecule has 0 N–H and O–H groups in total. The van der Waals surface area contributed by atoms with Crippen LogP contribution in [-0.4, -0.2) is 30.3 Å². The number of halogens is 2. The molecule has 0 spiro atoms. The van der Waals surface area contributed by atoms with Crippen LogP contribution in [0, 0.1) is 11.8 Å². The predicted octanol–water partition coefficient (Wildman–Crippen LogP) is 2.67. The minimum absolute atomic E-state index is 0.240. The molecule has 0 fully saturated rings. The molecule has 0 bridgehead atoms. The molecule has 0 radical (unpaired) electrons. The largest absolute Gasteiger partial charge is 0.347 e. The number of carbonyl (C=O) groups excluding carboxylic acids is 1. The van der Waals surface area contributed by atoms with Crippen molar-refractivity contribution < 1.29 is 4.79 Å². The topological polar surface area (TPSA) is 20.3 Å². The van der Waals surface area contributed by atoms with Crippen molar-refractivity contribution in [3.8, 4) is 11.8 Å². The van der Waals surface area contributed by atoms with Gasteiger partial charge in [-0.15, -0.1) is 11.6 Å². The first-order chi connectivity index (χ1) is 8.02. The number of hydrogen-bond donors (Lipinski definition) is 0. The molecule has 90 valence electrons. The fourth-order valence-electron chi connectivity index (χ4n) is 1.14. The van der Waals surface area contributed by atoms with E-state index >= 15 is 0 Å². The van der Waals surface area contributed by atoms with Crippen LogP contribution in [0.1, 0.15) is 10.9 Å². The Kier molecular flexibility index (Phi) is 5.34. The van der Waals surface area contributed by atoms with Gasteiger partial charge in [0.15, 0.2) is 5.38 Å². The lowest BCUT2D eigenvalue weighted by molar-refractivity contribution is -0.127. The molecule has 0 aliphatic carbocycles. The summed E-state index contributed by atoms with van der Waals surface area (Å²) in [6, 6.07) is 9.43. The number of amides is 1. The van der Waals surface area contributed by atoms with Crippen LogP contribution in [0.2, 0.25) is 0 Å². The van der Waals surface area contributed by atoms with Crippen molar-refractivity contribution in [2.75, 3.05) is 14.1 Å². The van der Waals surface area contributed by atoms with Gasteiger partial charge in [-0.3, -0.25) is 4.79 Å². The molecule has 2 atom stereocenters. The van der Waals surface area contributed by atoms with Crippen LogP contribution in [0.3, 0.4) is 0 Å². The van der Waals surface area contributed by atoms with Gasteiger partial charge in [0.25, 0.3) is 5.91 Å². The highest BCUT2D eigenvalue weighted by Crippen LogP contribution is 2.18. The Balaban J connectivity index is 2.70. The summed E-state index contributed by atoms with van der Waals surface area (Å²) in [4.78, 5) is 12.8. The average molecular weight is 270 g/mol. The first-order valence-corrected chi connectivity index (χ1v) is 5.95. The number of alkyl halides is 2. The maximum absolute atomic E-state index is 11.4. The molecule has 1 aromatic carbocycles. The molecule has 2 nitrogen and oxygen atoms in total.